The largest absolute Gasteiger partial charge is 0.471 e. The first-order valence-electron chi connectivity index (χ1n) is 7.45. The highest BCUT2D eigenvalue weighted by Crippen LogP contribution is 2.28. The predicted molar refractivity (Wildman–Crippen MR) is 83.7 cm³/mol. The Balaban J connectivity index is 2.04. The van der Waals surface area contributed by atoms with Gasteiger partial charge >= 0.3 is 12.1 Å². The molecule has 2 amide bonds. The fourth-order valence-corrected chi connectivity index (χ4v) is 2.99. The average molecular weight is 363 g/mol. The van der Waals surface area contributed by atoms with Crippen molar-refractivity contribution in [1.82, 2.24) is 10.2 Å². The summed E-state index contributed by atoms with van der Waals surface area (Å²) in [5.41, 5.74) is -0.350. The van der Waals surface area contributed by atoms with E-state index < -0.39 is 23.5 Å². The highest BCUT2D eigenvalue weighted by molar-refractivity contribution is 6.30. The second-order valence-electron chi connectivity index (χ2n) is 6.30. The van der Waals surface area contributed by atoms with Gasteiger partial charge < -0.3 is 10.2 Å². The average Bonchev–Trinajstić information content (AvgIpc) is 2.87. The van der Waals surface area contributed by atoms with Gasteiger partial charge in [0.25, 0.3) is 0 Å². The van der Waals surface area contributed by atoms with Crippen LogP contribution in [0.1, 0.15) is 31.7 Å². The van der Waals surface area contributed by atoms with Gasteiger partial charge in [-0.15, -0.1) is 0 Å². The number of carbonyl (C=O) groups is 2. The number of rotatable bonds is 3. The molecular weight excluding hydrogens is 345 g/mol. The molecule has 2 atom stereocenters. The summed E-state index contributed by atoms with van der Waals surface area (Å²) >= 11 is 5.92. The Hall–Kier alpha value is -1.76. The summed E-state index contributed by atoms with van der Waals surface area (Å²) < 4.78 is 37.2. The number of likely N-dealkylation sites (tertiary alicyclic amines) is 1. The van der Waals surface area contributed by atoms with Gasteiger partial charge in [0.05, 0.1) is 11.5 Å². The quantitative estimate of drug-likeness (QED) is 0.898. The SMILES string of the molecule is CC(C(=O)N1CCC(C)(NC(=O)C(F)(F)F)C1)c1cccc(Cl)c1. The predicted octanol–water partition coefficient (Wildman–Crippen LogP) is 3.11. The summed E-state index contributed by atoms with van der Waals surface area (Å²) in [6.45, 7) is 3.56. The van der Waals surface area contributed by atoms with Crippen LogP contribution < -0.4 is 5.32 Å². The van der Waals surface area contributed by atoms with E-state index in [1.54, 1.807) is 31.2 Å². The van der Waals surface area contributed by atoms with Crippen LogP contribution in [0.15, 0.2) is 24.3 Å². The van der Waals surface area contributed by atoms with Crippen LogP contribution in [0, 0.1) is 0 Å². The first-order valence-corrected chi connectivity index (χ1v) is 7.83. The maximum atomic E-state index is 12.6. The van der Waals surface area contributed by atoms with Crippen molar-refractivity contribution in [3.8, 4) is 0 Å². The molecule has 2 rings (SSSR count). The van der Waals surface area contributed by atoms with Crippen LogP contribution in [0.4, 0.5) is 13.2 Å². The Morgan fingerprint density at radius 3 is 2.62 bits per heavy atom. The number of hydrogen-bond donors (Lipinski definition) is 1. The van der Waals surface area contributed by atoms with Crippen molar-refractivity contribution in [1.29, 1.82) is 0 Å². The van der Waals surface area contributed by atoms with Gasteiger partial charge in [-0.25, -0.2) is 0 Å². The highest BCUT2D eigenvalue weighted by atomic mass is 35.5. The Morgan fingerprint density at radius 1 is 1.38 bits per heavy atom. The molecule has 1 aromatic rings. The molecule has 1 aromatic carbocycles. The summed E-state index contributed by atoms with van der Waals surface area (Å²) in [4.78, 5) is 25.2. The number of halogens is 4. The minimum absolute atomic E-state index is 0.0402. The number of alkyl halides is 3. The summed E-state index contributed by atoms with van der Waals surface area (Å²) in [7, 11) is 0. The van der Waals surface area contributed by atoms with E-state index >= 15 is 0 Å². The van der Waals surface area contributed by atoms with Crippen LogP contribution >= 0.6 is 11.6 Å². The number of nitrogens with zero attached hydrogens (tertiary/aromatic N) is 1. The van der Waals surface area contributed by atoms with Crippen molar-refractivity contribution < 1.29 is 22.8 Å². The monoisotopic (exact) mass is 362 g/mol. The standard InChI is InChI=1S/C16H18ClF3N2O2/c1-10(11-4-3-5-12(17)8-11)13(23)22-7-6-15(2,9-22)21-14(24)16(18,19)20/h3-5,8,10H,6-7,9H2,1-2H3,(H,21,24). The molecule has 24 heavy (non-hydrogen) atoms. The summed E-state index contributed by atoms with van der Waals surface area (Å²) in [6, 6.07) is 6.89. The number of hydrogen-bond acceptors (Lipinski definition) is 2. The molecule has 0 aliphatic carbocycles. The fraction of sp³-hybridized carbons (Fsp3) is 0.500. The Labute approximate surface area is 143 Å². The molecular formula is C16H18ClF3N2O2. The third-order valence-electron chi connectivity index (χ3n) is 4.18. The lowest BCUT2D eigenvalue weighted by Crippen LogP contribution is -2.52. The maximum Gasteiger partial charge on any atom is 0.471 e. The third-order valence-corrected chi connectivity index (χ3v) is 4.41. The molecule has 0 bridgehead atoms. The first kappa shape index (κ1) is 18.6. The van der Waals surface area contributed by atoms with E-state index in [1.807, 2.05) is 5.32 Å². The summed E-state index contributed by atoms with van der Waals surface area (Å²) in [5, 5.41) is 2.50. The van der Waals surface area contributed by atoms with Gasteiger partial charge in [0.15, 0.2) is 0 Å². The summed E-state index contributed by atoms with van der Waals surface area (Å²) in [6.07, 6.45) is -4.67. The Kier molecular flexibility index (Phi) is 5.13. The molecule has 0 aromatic heterocycles. The van der Waals surface area contributed by atoms with Crippen LogP contribution in [0.25, 0.3) is 0 Å². The zero-order valence-corrected chi connectivity index (χ0v) is 14.0. The van der Waals surface area contributed by atoms with E-state index in [2.05, 4.69) is 0 Å². The zero-order valence-electron chi connectivity index (χ0n) is 13.3. The minimum Gasteiger partial charge on any atom is -0.341 e. The zero-order chi connectivity index (χ0) is 18.1. The molecule has 1 heterocycles. The molecule has 0 radical (unpaired) electrons. The molecule has 1 fully saturated rings. The second-order valence-corrected chi connectivity index (χ2v) is 6.74. The van der Waals surface area contributed by atoms with Crippen molar-refractivity contribution in [2.24, 2.45) is 0 Å². The molecule has 4 nitrogen and oxygen atoms in total. The van der Waals surface area contributed by atoms with Crippen LogP contribution in [-0.4, -0.2) is 41.5 Å². The minimum atomic E-state index is -4.94. The third kappa shape index (κ3) is 4.20. The van der Waals surface area contributed by atoms with Crippen molar-refractivity contribution in [3.05, 3.63) is 34.9 Å². The molecule has 1 aliphatic rings. The number of benzene rings is 1. The van der Waals surface area contributed by atoms with Gasteiger partial charge in [0, 0.05) is 18.1 Å². The van der Waals surface area contributed by atoms with E-state index in [1.165, 1.54) is 11.8 Å². The lowest BCUT2D eigenvalue weighted by atomic mass is 9.99. The molecule has 132 valence electrons. The van der Waals surface area contributed by atoms with Gasteiger partial charge in [-0.3, -0.25) is 9.59 Å². The molecule has 8 heteroatoms. The van der Waals surface area contributed by atoms with Crippen molar-refractivity contribution in [2.75, 3.05) is 13.1 Å². The topological polar surface area (TPSA) is 49.4 Å². The van der Waals surface area contributed by atoms with Crippen LogP contribution in [-0.2, 0) is 9.59 Å². The number of amides is 2. The van der Waals surface area contributed by atoms with Crippen LogP contribution in [0.2, 0.25) is 5.02 Å². The fourth-order valence-electron chi connectivity index (χ4n) is 2.79. The van der Waals surface area contributed by atoms with Crippen LogP contribution in [0.5, 0.6) is 0 Å². The van der Waals surface area contributed by atoms with Gasteiger partial charge in [-0.05, 0) is 38.0 Å². The van der Waals surface area contributed by atoms with Crippen molar-refractivity contribution in [2.45, 2.75) is 37.9 Å². The normalized spacial score (nSPS) is 22.3. The Bertz CT molecular complexity index is 650. The van der Waals surface area contributed by atoms with Crippen molar-refractivity contribution >= 4 is 23.4 Å². The lowest BCUT2D eigenvalue weighted by Gasteiger charge is -2.27. The summed E-state index contributed by atoms with van der Waals surface area (Å²) in [5.74, 6) is -2.66. The van der Waals surface area contributed by atoms with E-state index in [9.17, 15) is 22.8 Å². The molecule has 1 saturated heterocycles. The van der Waals surface area contributed by atoms with E-state index in [0.717, 1.165) is 5.56 Å². The maximum absolute atomic E-state index is 12.6. The molecule has 1 aliphatic heterocycles. The number of nitrogens with one attached hydrogen (secondary N) is 1. The second kappa shape index (κ2) is 6.63. The highest BCUT2D eigenvalue weighted by Gasteiger charge is 2.45. The Morgan fingerprint density at radius 2 is 2.04 bits per heavy atom. The molecule has 0 saturated carbocycles. The van der Waals surface area contributed by atoms with Gasteiger partial charge in [-0.2, -0.15) is 13.2 Å². The van der Waals surface area contributed by atoms with E-state index in [4.69, 9.17) is 11.6 Å². The first-order chi connectivity index (χ1) is 11.0. The van der Waals surface area contributed by atoms with Gasteiger partial charge in [-0.1, -0.05) is 23.7 Å². The van der Waals surface area contributed by atoms with E-state index in [0.29, 0.717) is 11.6 Å². The number of carbonyl (C=O) groups excluding carboxylic acids is 2. The smallest absolute Gasteiger partial charge is 0.341 e. The van der Waals surface area contributed by atoms with Crippen molar-refractivity contribution in [3.63, 3.8) is 0 Å². The van der Waals surface area contributed by atoms with Gasteiger partial charge in [0.1, 0.15) is 0 Å². The molecule has 2 unspecified atom stereocenters. The van der Waals surface area contributed by atoms with Gasteiger partial charge in [0.2, 0.25) is 5.91 Å². The molecule has 1 N–H and O–H groups in total. The lowest BCUT2D eigenvalue weighted by molar-refractivity contribution is -0.175. The molecule has 0 spiro atoms. The van der Waals surface area contributed by atoms with Crippen LogP contribution in [0.3, 0.4) is 0 Å². The van der Waals surface area contributed by atoms with E-state index in [-0.39, 0.29) is 18.9 Å².